The van der Waals surface area contributed by atoms with E-state index in [0.29, 0.717) is 0 Å². The van der Waals surface area contributed by atoms with E-state index in [1.165, 1.54) is 12.8 Å². The van der Waals surface area contributed by atoms with Crippen molar-refractivity contribution in [1.82, 2.24) is 4.90 Å². The van der Waals surface area contributed by atoms with Crippen LogP contribution >= 0.6 is 12.4 Å². The van der Waals surface area contributed by atoms with Gasteiger partial charge in [-0.05, 0) is 25.2 Å². The van der Waals surface area contributed by atoms with E-state index in [4.69, 9.17) is 0 Å². The van der Waals surface area contributed by atoms with E-state index < -0.39 is 0 Å². The lowest BCUT2D eigenvalue weighted by Crippen LogP contribution is -2.48. The zero-order valence-corrected chi connectivity index (χ0v) is 6.81. The second-order valence-corrected chi connectivity index (χ2v) is 3.20. The molecule has 1 N–H and O–H groups in total. The maximum absolute atomic E-state index is 9.33. The monoisotopic (exact) mass is 163 g/mol. The van der Waals surface area contributed by atoms with Crippen LogP contribution in [0.5, 0.6) is 0 Å². The fourth-order valence-electron chi connectivity index (χ4n) is 1.93. The van der Waals surface area contributed by atoms with Crippen LogP contribution in [0.25, 0.3) is 0 Å². The molecule has 0 radical (unpaired) electrons. The molecule has 0 amide bonds. The number of hydrogen-bond acceptors (Lipinski definition) is 2. The Balaban J connectivity index is 0.000000500. The van der Waals surface area contributed by atoms with Crippen LogP contribution in [0.15, 0.2) is 0 Å². The van der Waals surface area contributed by atoms with Crippen molar-refractivity contribution in [2.24, 2.45) is 5.92 Å². The predicted octanol–water partition coefficient (Wildman–Crippen LogP) is 0.842. The molecule has 1 atom stereocenters. The molecule has 2 nitrogen and oxygen atoms in total. The predicted molar refractivity (Wildman–Crippen MR) is 42.2 cm³/mol. The van der Waals surface area contributed by atoms with Crippen molar-refractivity contribution in [3.8, 4) is 0 Å². The molecule has 10 heavy (non-hydrogen) atoms. The number of hydrogen-bond donors (Lipinski definition) is 1. The summed E-state index contributed by atoms with van der Waals surface area (Å²) in [7, 11) is 0. The summed E-state index contributed by atoms with van der Waals surface area (Å²) in [6, 6.07) is 0. The van der Waals surface area contributed by atoms with Gasteiger partial charge in [0.1, 0.15) is 6.23 Å². The minimum atomic E-state index is -0.0995. The minimum absolute atomic E-state index is 0. The Morgan fingerprint density at radius 3 is 2.00 bits per heavy atom. The summed E-state index contributed by atoms with van der Waals surface area (Å²) in [4.78, 5) is 2.18. The molecule has 0 spiro atoms. The molecule has 0 saturated carbocycles. The van der Waals surface area contributed by atoms with Crippen LogP contribution in [0.3, 0.4) is 0 Å². The smallest absolute Gasteiger partial charge is 0.107 e. The third kappa shape index (κ3) is 1.29. The summed E-state index contributed by atoms with van der Waals surface area (Å²) >= 11 is 0. The average Bonchev–Trinajstić information content (AvgIpc) is 1.90. The van der Waals surface area contributed by atoms with Gasteiger partial charge in [-0.3, -0.25) is 4.90 Å². The van der Waals surface area contributed by atoms with Gasteiger partial charge >= 0.3 is 0 Å². The third-order valence-corrected chi connectivity index (χ3v) is 2.61. The van der Waals surface area contributed by atoms with Crippen molar-refractivity contribution >= 4 is 12.4 Å². The second-order valence-electron chi connectivity index (χ2n) is 3.20. The normalized spacial score (nSPS) is 44.7. The highest BCUT2D eigenvalue weighted by Crippen LogP contribution is 2.30. The number of piperidine rings is 3. The van der Waals surface area contributed by atoms with Gasteiger partial charge in [0, 0.05) is 13.1 Å². The topological polar surface area (TPSA) is 23.5 Å². The zero-order valence-electron chi connectivity index (χ0n) is 5.99. The molecule has 2 bridgehead atoms. The van der Waals surface area contributed by atoms with E-state index in [2.05, 4.69) is 4.90 Å². The van der Waals surface area contributed by atoms with Gasteiger partial charge in [0.2, 0.25) is 0 Å². The second kappa shape index (κ2) is 3.07. The van der Waals surface area contributed by atoms with E-state index in [-0.39, 0.29) is 18.6 Å². The van der Waals surface area contributed by atoms with Crippen LogP contribution in [0.4, 0.5) is 0 Å². The van der Waals surface area contributed by atoms with E-state index >= 15 is 0 Å². The molecule has 3 rings (SSSR count). The molecule has 3 fully saturated rings. The number of fused-ring (bicyclic) bond motifs is 3. The highest BCUT2D eigenvalue weighted by atomic mass is 35.5. The Morgan fingerprint density at radius 2 is 1.80 bits per heavy atom. The molecule has 3 saturated heterocycles. The van der Waals surface area contributed by atoms with Gasteiger partial charge in [-0.1, -0.05) is 0 Å². The van der Waals surface area contributed by atoms with Crippen molar-refractivity contribution in [2.45, 2.75) is 25.5 Å². The molecular weight excluding hydrogens is 150 g/mol. The Kier molecular flexibility index (Phi) is 2.55. The Bertz CT molecular complexity index is 112. The molecular formula is C7H14ClNO. The molecule has 0 aromatic rings. The average molecular weight is 164 g/mol. The lowest BCUT2D eigenvalue weighted by Gasteiger charge is -2.42. The van der Waals surface area contributed by atoms with E-state index in [1.807, 2.05) is 0 Å². The van der Waals surface area contributed by atoms with E-state index in [0.717, 1.165) is 25.4 Å². The van der Waals surface area contributed by atoms with Crippen molar-refractivity contribution < 1.29 is 5.11 Å². The van der Waals surface area contributed by atoms with Gasteiger partial charge in [0.25, 0.3) is 0 Å². The van der Waals surface area contributed by atoms with Crippen LogP contribution < -0.4 is 0 Å². The molecule has 3 heterocycles. The number of halogens is 1. The number of rotatable bonds is 0. The van der Waals surface area contributed by atoms with E-state index in [1.54, 1.807) is 0 Å². The van der Waals surface area contributed by atoms with Gasteiger partial charge in [-0.2, -0.15) is 0 Å². The van der Waals surface area contributed by atoms with Gasteiger partial charge in [0.05, 0.1) is 0 Å². The molecule has 0 aromatic heterocycles. The molecule has 0 aliphatic carbocycles. The summed E-state index contributed by atoms with van der Waals surface area (Å²) in [5.41, 5.74) is 0. The first-order valence-corrected chi connectivity index (χ1v) is 3.78. The Morgan fingerprint density at radius 1 is 1.20 bits per heavy atom. The first kappa shape index (κ1) is 8.31. The Hall–Kier alpha value is 0.210. The molecule has 60 valence electrons. The summed E-state index contributed by atoms with van der Waals surface area (Å²) in [5, 5.41) is 9.33. The zero-order chi connectivity index (χ0) is 6.27. The standard InChI is InChI=1S/C7H13NO.ClH/c9-7-5-6-1-3-8(7)4-2-6;/h6-7,9H,1-5H2;1H/t7-;/m0./s1. The fourth-order valence-corrected chi connectivity index (χ4v) is 1.93. The summed E-state index contributed by atoms with van der Waals surface area (Å²) in [6.45, 7) is 2.26. The largest absolute Gasteiger partial charge is 0.378 e. The van der Waals surface area contributed by atoms with Crippen LogP contribution in [0, 0.1) is 5.92 Å². The molecule has 3 heteroatoms. The number of aliphatic hydroxyl groups is 1. The number of nitrogens with zero attached hydrogens (tertiary/aromatic N) is 1. The van der Waals surface area contributed by atoms with Crippen LogP contribution in [-0.4, -0.2) is 29.3 Å². The maximum Gasteiger partial charge on any atom is 0.107 e. The van der Waals surface area contributed by atoms with Crippen LogP contribution in [0.1, 0.15) is 19.3 Å². The SMILES string of the molecule is Cl.O[C@H]1CC2CCN1CC2. The first-order valence-electron chi connectivity index (χ1n) is 3.78. The lowest BCUT2D eigenvalue weighted by atomic mass is 9.87. The van der Waals surface area contributed by atoms with Crippen molar-refractivity contribution in [3.63, 3.8) is 0 Å². The summed E-state index contributed by atoms with van der Waals surface area (Å²) in [6.07, 6.45) is 3.56. The maximum atomic E-state index is 9.33. The van der Waals surface area contributed by atoms with Gasteiger partial charge < -0.3 is 5.11 Å². The van der Waals surface area contributed by atoms with Crippen LogP contribution in [-0.2, 0) is 0 Å². The third-order valence-electron chi connectivity index (χ3n) is 2.61. The summed E-state index contributed by atoms with van der Waals surface area (Å²) < 4.78 is 0. The van der Waals surface area contributed by atoms with Gasteiger partial charge in [0.15, 0.2) is 0 Å². The molecule has 3 aliphatic rings. The first-order chi connectivity index (χ1) is 4.36. The fraction of sp³-hybridized carbons (Fsp3) is 1.00. The van der Waals surface area contributed by atoms with Crippen molar-refractivity contribution in [1.29, 1.82) is 0 Å². The van der Waals surface area contributed by atoms with Crippen LogP contribution in [0.2, 0.25) is 0 Å². The number of aliphatic hydroxyl groups excluding tert-OH is 1. The highest BCUT2D eigenvalue weighted by molar-refractivity contribution is 5.85. The molecule has 3 aliphatic heterocycles. The quantitative estimate of drug-likeness (QED) is 0.572. The van der Waals surface area contributed by atoms with Crippen molar-refractivity contribution in [3.05, 3.63) is 0 Å². The van der Waals surface area contributed by atoms with Crippen molar-refractivity contribution in [2.75, 3.05) is 13.1 Å². The lowest BCUT2D eigenvalue weighted by molar-refractivity contribution is -0.0768. The van der Waals surface area contributed by atoms with Gasteiger partial charge in [-0.25, -0.2) is 0 Å². The molecule has 0 aromatic carbocycles. The summed E-state index contributed by atoms with van der Waals surface area (Å²) in [5.74, 6) is 0.838. The minimum Gasteiger partial charge on any atom is -0.378 e. The van der Waals surface area contributed by atoms with Gasteiger partial charge in [-0.15, -0.1) is 12.4 Å². The highest BCUT2D eigenvalue weighted by Gasteiger charge is 2.31. The molecule has 0 unspecified atom stereocenters. The Labute approximate surface area is 67.6 Å². The van der Waals surface area contributed by atoms with E-state index in [9.17, 15) is 5.11 Å².